The van der Waals surface area contributed by atoms with Crippen molar-refractivity contribution in [1.82, 2.24) is 0 Å². The summed E-state index contributed by atoms with van der Waals surface area (Å²) in [5, 5.41) is 0. The number of nitrogens with zero attached hydrogens (tertiary/aromatic N) is 2. The van der Waals surface area contributed by atoms with Gasteiger partial charge in [0, 0.05) is 0 Å². The molecule has 0 N–H and O–H groups in total. The molecule has 6 heteroatoms. The van der Waals surface area contributed by atoms with Gasteiger partial charge in [-0.15, -0.1) is 0 Å². The Hall–Kier alpha value is -7.18. The van der Waals surface area contributed by atoms with Gasteiger partial charge in [0.25, 0.3) is 23.6 Å². The predicted octanol–water partition coefficient (Wildman–Crippen LogP) is 11.5. The summed E-state index contributed by atoms with van der Waals surface area (Å²) in [5.41, 5.74) is 16.0. The molecule has 6 nitrogen and oxygen atoms in total. The second-order valence-electron chi connectivity index (χ2n) is 15.1. The van der Waals surface area contributed by atoms with Crippen LogP contribution >= 0.6 is 0 Å². The van der Waals surface area contributed by atoms with Crippen LogP contribution in [0.15, 0.2) is 140 Å². The van der Waals surface area contributed by atoms with Gasteiger partial charge < -0.3 is 0 Å². The van der Waals surface area contributed by atoms with Crippen LogP contribution in [-0.4, -0.2) is 23.6 Å². The number of hydrogen-bond acceptors (Lipinski definition) is 4. The van der Waals surface area contributed by atoms with Gasteiger partial charge in [-0.2, -0.15) is 0 Å². The van der Waals surface area contributed by atoms with Crippen LogP contribution in [0, 0.1) is 34.6 Å². The van der Waals surface area contributed by atoms with Crippen LogP contribution in [0.4, 0.5) is 11.4 Å². The molecule has 0 fully saturated rings. The Morgan fingerprint density at radius 2 is 0.667 bits per heavy atom. The highest BCUT2D eigenvalue weighted by molar-refractivity contribution is 6.35. The van der Waals surface area contributed by atoms with Crippen molar-refractivity contribution in [1.29, 1.82) is 0 Å². The number of benzene rings is 7. The van der Waals surface area contributed by atoms with Crippen LogP contribution in [0.25, 0.3) is 44.5 Å². The molecule has 0 saturated heterocycles. The van der Waals surface area contributed by atoms with Gasteiger partial charge in [0.2, 0.25) is 0 Å². The minimum atomic E-state index is -0.329. The summed E-state index contributed by atoms with van der Waals surface area (Å²) in [4.78, 5) is 56.9. The van der Waals surface area contributed by atoms with Gasteiger partial charge in [0.15, 0.2) is 0 Å². The van der Waals surface area contributed by atoms with E-state index < -0.39 is 0 Å². The van der Waals surface area contributed by atoms with Crippen molar-refractivity contribution in [3.63, 3.8) is 0 Å². The lowest BCUT2D eigenvalue weighted by molar-refractivity contribution is 0.0910. The molecule has 2 aliphatic heterocycles. The first-order valence-corrected chi connectivity index (χ1v) is 19.0. The zero-order valence-electron chi connectivity index (χ0n) is 32.3. The van der Waals surface area contributed by atoms with E-state index >= 15 is 0 Å². The first-order valence-electron chi connectivity index (χ1n) is 19.0. The van der Waals surface area contributed by atoms with Gasteiger partial charge in [-0.25, -0.2) is 9.80 Å². The second kappa shape index (κ2) is 13.5. The van der Waals surface area contributed by atoms with Crippen molar-refractivity contribution >= 4 is 35.0 Å². The van der Waals surface area contributed by atoms with Gasteiger partial charge in [0.1, 0.15) is 0 Å². The Bertz CT molecular complexity index is 2850. The van der Waals surface area contributed by atoms with E-state index in [4.69, 9.17) is 0 Å². The Balaban J connectivity index is 0.948. The third-order valence-electron chi connectivity index (χ3n) is 11.5. The molecule has 0 aliphatic carbocycles. The van der Waals surface area contributed by atoms with E-state index in [-0.39, 0.29) is 23.6 Å². The standard InChI is InChI=1S/C51H38N2O4/c1-29-6-10-34(11-7-29)37-16-21-44-46(27-37)50(56)52(48(44)54)39-18-14-36(15-19-39)42-24-25-43(33(5)32(42)4)41-23-20-40(26-31(41)3)53-49(55)45-22-17-38(28-47(45)51(53)57)35-12-8-30(2)9-13-35/h6-28H,1-5H3. The molecule has 0 radical (unpaired) electrons. The summed E-state index contributed by atoms with van der Waals surface area (Å²) < 4.78 is 0. The van der Waals surface area contributed by atoms with Crippen LogP contribution in [0.5, 0.6) is 0 Å². The second-order valence-corrected chi connectivity index (χ2v) is 15.1. The third kappa shape index (κ3) is 5.89. The number of fused-ring (bicyclic) bond motifs is 2. The number of amides is 4. The molecule has 9 rings (SSSR count). The lowest BCUT2D eigenvalue weighted by Crippen LogP contribution is -2.29. The highest BCUT2D eigenvalue weighted by Gasteiger charge is 2.38. The summed E-state index contributed by atoms with van der Waals surface area (Å²) >= 11 is 0. The highest BCUT2D eigenvalue weighted by Crippen LogP contribution is 2.39. The van der Waals surface area contributed by atoms with E-state index in [0.717, 1.165) is 72.3 Å². The molecule has 0 unspecified atom stereocenters. The van der Waals surface area contributed by atoms with Gasteiger partial charge in [0.05, 0.1) is 33.6 Å². The van der Waals surface area contributed by atoms with Crippen LogP contribution in [0.3, 0.4) is 0 Å². The van der Waals surface area contributed by atoms with Gasteiger partial charge in [-0.1, -0.05) is 102 Å². The monoisotopic (exact) mass is 742 g/mol. The van der Waals surface area contributed by atoms with Crippen LogP contribution in [-0.2, 0) is 0 Å². The van der Waals surface area contributed by atoms with Crippen molar-refractivity contribution < 1.29 is 19.2 Å². The van der Waals surface area contributed by atoms with Crippen molar-refractivity contribution in [3.8, 4) is 44.5 Å². The SMILES string of the molecule is Cc1ccc(-c2ccc3c(c2)C(=O)N(c2ccc(-c4ccc(-c5ccc(N6C(=O)c7ccc(-c8ccc(C)cc8)cc7C6=O)cc5C)c(C)c4C)cc2)C3=O)cc1. The normalized spacial score (nSPS) is 13.4. The van der Waals surface area contributed by atoms with Crippen LogP contribution < -0.4 is 9.80 Å². The summed E-state index contributed by atoms with van der Waals surface area (Å²) in [5.74, 6) is -1.31. The number of hydrogen-bond donors (Lipinski definition) is 0. The molecular formula is C51H38N2O4. The molecule has 0 spiro atoms. The van der Waals surface area contributed by atoms with Gasteiger partial charge in [-0.3, -0.25) is 19.2 Å². The molecule has 0 atom stereocenters. The summed E-state index contributed by atoms with van der Waals surface area (Å²) in [7, 11) is 0. The summed E-state index contributed by atoms with van der Waals surface area (Å²) in [6, 6.07) is 44.6. The van der Waals surface area contributed by atoms with Gasteiger partial charge in [-0.05, 0) is 144 Å². The van der Waals surface area contributed by atoms with Crippen molar-refractivity contribution in [2.75, 3.05) is 9.80 Å². The fourth-order valence-corrected chi connectivity index (χ4v) is 8.11. The Labute approximate surface area is 331 Å². The zero-order chi connectivity index (χ0) is 39.7. The molecule has 2 heterocycles. The number of carbonyl (C=O) groups excluding carboxylic acids is 4. The first kappa shape index (κ1) is 35.5. The fourth-order valence-electron chi connectivity index (χ4n) is 8.11. The summed E-state index contributed by atoms with van der Waals surface area (Å²) in [6.45, 7) is 10.2. The Morgan fingerprint density at radius 1 is 0.298 bits per heavy atom. The minimum absolute atomic E-state index is 0.324. The van der Waals surface area contributed by atoms with E-state index in [2.05, 4.69) is 26.0 Å². The van der Waals surface area contributed by atoms with Gasteiger partial charge >= 0.3 is 0 Å². The molecular weight excluding hydrogens is 705 g/mol. The molecule has 0 aromatic heterocycles. The van der Waals surface area contributed by atoms with E-state index in [1.807, 2.05) is 136 Å². The molecule has 4 amide bonds. The average Bonchev–Trinajstić information content (AvgIpc) is 3.62. The number of carbonyl (C=O) groups is 4. The van der Waals surface area contributed by atoms with Crippen molar-refractivity contribution in [2.45, 2.75) is 34.6 Å². The topological polar surface area (TPSA) is 74.8 Å². The Kier molecular flexibility index (Phi) is 8.43. The molecule has 0 saturated carbocycles. The highest BCUT2D eigenvalue weighted by atomic mass is 16.2. The van der Waals surface area contributed by atoms with Crippen LogP contribution in [0.1, 0.15) is 69.2 Å². The molecule has 7 aromatic rings. The maximum Gasteiger partial charge on any atom is 0.266 e. The third-order valence-corrected chi connectivity index (χ3v) is 11.5. The van der Waals surface area contributed by atoms with Crippen molar-refractivity contribution in [3.05, 3.63) is 190 Å². The zero-order valence-corrected chi connectivity index (χ0v) is 32.3. The number of rotatable bonds is 6. The lowest BCUT2D eigenvalue weighted by Gasteiger charge is -2.19. The van der Waals surface area contributed by atoms with E-state index in [1.54, 1.807) is 12.1 Å². The molecule has 2 aliphatic rings. The average molecular weight is 743 g/mol. The quantitative estimate of drug-likeness (QED) is 0.159. The minimum Gasteiger partial charge on any atom is -0.268 e. The maximum atomic E-state index is 13.7. The predicted molar refractivity (Wildman–Crippen MR) is 227 cm³/mol. The maximum absolute atomic E-state index is 13.7. The van der Waals surface area contributed by atoms with E-state index in [0.29, 0.717) is 33.6 Å². The molecule has 57 heavy (non-hydrogen) atoms. The smallest absolute Gasteiger partial charge is 0.266 e. The van der Waals surface area contributed by atoms with E-state index in [9.17, 15) is 19.2 Å². The summed E-state index contributed by atoms with van der Waals surface area (Å²) in [6.07, 6.45) is 0. The lowest BCUT2D eigenvalue weighted by atomic mass is 9.89. The number of imide groups is 2. The number of aryl methyl sites for hydroxylation is 3. The van der Waals surface area contributed by atoms with Crippen molar-refractivity contribution in [2.24, 2.45) is 0 Å². The fraction of sp³-hybridized carbons (Fsp3) is 0.0980. The Morgan fingerprint density at radius 3 is 1.18 bits per heavy atom. The van der Waals surface area contributed by atoms with E-state index in [1.165, 1.54) is 9.80 Å². The molecule has 0 bridgehead atoms. The van der Waals surface area contributed by atoms with Crippen LogP contribution in [0.2, 0.25) is 0 Å². The molecule has 276 valence electrons. The molecule has 7 aromatic carbocycles. The largest absolute Gasteiger partial charge is 0.268 e. The number of anilines is 2. The first-order chi connectivity index (χ1) is 27.5.